The summed E-state index contributed by atoms with van der Waals surface area (Å²) in [6.45, 7) is 6.00. The molecule has 1 aromatic carbocycles. The Balaban J connectivity index is 1.77. The van der Waals surface area contributed by atoms with Gasteiger partial charge in [0.05, 0.1) is 6.61 Å². The number of nitrogens with one attached hydrogen (secondary N) is 1. The number of thioether (sulfide) groups is 1. The lowest BCUT2D eigenvalue weighted by molar-refractivity contribution is -0.112. The van der Waals surface area contributed by atoms with Crippen LogP contribution in [0, 0.1) is 6.92 Å². The third-order valence-electron chi connectivity index (χ3n) is 4.80. The van der Waals surface area contributed by atoms with Gasteiger partial charge in [0.15, 0.2) is 0 Å². The molecule has 26 heavy (non-hydrogen) atoms. The summed E-state index contributed by atoms with van der Waals surface area (Å²) in [7, 11) is 0. The molecule has 0 spiro atoms. The molecule has 0 aromatic heterocycles. The highest BCUT2D eigenvalue weighted by molar-refractivity contribution is 8.04. The fraction of sp³-hybridized carbons (Fsp3) is 0.500. The predicted octanol–water partition coefficient (Wildman–Crippen LogP) is 3.94. The smallest absolute Gasteiger partial charge is 0.265 e. The number of benzene rings is 1. The van der Waals surface area contributed by atoms with Crippen LogP contribution in [0.5, 0.6) is 0 Å². The van der Waals surface area contributed by atoms with E-state index >= 15 is 0 Å². The summed E-state index contributed by atoms with van der Waals surface area (Å²) >= 11 is 1.51. The van der Waals surface area contributed by atoms with E-state index in [4.69, 9.17) is 4.74 Å². The Morgan fingerprint density at radius 1 is 1.12 bits per heavy atom. The van der Waals surface area contributed by atoms with Gasteiger partial charge in [-0.15, -0.1) is 11.8 Å². The van der Waals surface area contributed by atoms with Crippen LogP contribution in [0.25, 0.3) is 0 Å². The lowest BCUT2D eigenvalue weighted by Crippen LogP contribution is -2.31. The summed E-state index contributed by atoms with van der Waals surface area (Å²) < 4.78 is 5.47. The van der Waals surface area contributed by atoms with Crippen molar-refractivity contribution in [2.24, 2.45) is 0 Å². The van der Waals surface area contributed by atoms with Crippen molar-refractivity contribution in [2.75, 3.05) is 30.8 Å². The van der Waals surface area contributed by atoms with Crippen LogP contribution in [0.4, 0.5) is 5.69 Å². The number of allylic oxidation sites excluding steroid dienone is 1. The minimum atomic E-state index is -0.172. The largest absolute Gasteiger partial charge is 0.496 e. The van der Waals surface area contributed by atoms with Gasteiger partial charge in [-0.3, -0.25) is 9.59 Å². The van der Waals surface area contributed by atoms with Crippen molar-refractivity contribution in [2.45, 2.75) is 39.5 Å². The first-order valence-electron chi connectivity index (χ1n) is 9.24. The van der Waals surface area contributed by atoms with Crippen LogP contribution in [-0.2, 0) is 9.53 Å². The Morgan fingerprint density at radius 2 is 1.85 bits per heavy atom. The Labute approximate surface area is 159 Å². The summed E-state index contributed by atoms with van der Waals surface area (Å²) in [6.07, 6.45) is 4.50. The summed E-state index contributed by atoms with van der Waals surface area (Å²) in [5.41, 5.74) is 2.25. The number of hydrogen-bond acceptors (Lipinski definition) is 4. The van der Waals surface area contributed by atoms with Gasteiger partial charge in [-0.05, 0) is 44.4 Å². The Bertz CT molecular complexity index is 722. The van der Waals surface area contributed by atoms with Crippen molar-refractivity contribution < 1.29 is 14.3 Å². The van der Waals surface area contributed by atoms with Crippen LogP contribution in [-0.4, -0.2) is 42.2 Å². The van der Waals surface area contributed by atoms with Crippen LogP contribution in [0.3, 0.4) is 0 Å². The molecule has 0 aliphatic carbocycles. The number of carbonyl (C=O) groups excluding carboxylic acids is 2. The van der Waals surface area contributed by atoms with Crippen molar-refractivity contribution in [1.82, 2.24) is 4.90 Å². The Morgan fingerprint density at radius 3 is 2.54 bits per heavy atom. The molecular formula is C20H26N2O3S. The molecule has 3 rings (SSSR count). The highest BCUT2D eigenvalue weighted by Gasteiger charge is 2.21. The topological polar surface area (TPSA) is 58.6 Å². The number of rotatable bonds is 3. The summed E-state index contributed by atoms with van der Waals surface area (Å²) in [4.78, 5) is 28.0. The van der Waals surface area contributed by atoms with Gasteiger partial charge < -0.3 is 15.0 Å². The maximum Gasteiger partial charge on any atom is 0.265 e. The number of hydrogen-bond donors (Lipinski definition) is 1. The van der Waals surface area contributed by atoms with Gasteiger partial charge in [0, 0.05) is 30.1 Å². The standard InChI is InChI=1S/C20H26N2O3S/c1-14-7-8-16(20(24)22-9-5-3-4-6-10-22)13-17(14)21-19(23)18-15(2)25-11-12-26-18/h7-8,13H,3-6,9-12H2,1-2H3,(H,21,23). The van der Waals surface area contributed by atoms with Gasteiger partial charge in [0.1, 0.15) is 10.7 Å². The molecule has 2 heterocycles. The molecule has 1 N–H and O–H groups in total. The molecule has 1 aromatic rings. The quantitative estimate of drug-likeness (QED) is 0.870. The molecular weight excluding hydrogens is 348 g/mol. The minimum absolute atomic E-state index is 0.0492. The number of likely N-dealkylation sites (tertiary alicyclic amines) is 1. The number of ether oxygens (including phenoxy) is 1. The van der Waals surface area contributed by atoms with Gasteiger partial charge in [-0.2, -0.15) is 0 Å². The van der Waals surface area contributed by atoms with E-state index in [0.29, 0.717) is 28.5 Å². The SMILES string of the molecule is CC1=C(C(=O)Nc2cc(C(=O)N3CCCCCC3)ccc2C)SCCO1. The molecule has 0 unspecified atom stereocenters. The number of anilines is 1. The third kappa shape index (κ3) is 4.41. The zero-order chi connectivity index (χ0) is 18.5. The van der Waals surface area contributed by atoms with Crippen molar-refractivity contribution in [3.8, 4) is 0 Å². The fourth-order valence-corrected chi connectivity index (χ4v) is 4.07. The van der Waals surface area contributed by atoms with Crippen molar-refractivity contribution in [1.29, 1.82) is 0 Å². The molecule has 0 saturated carbocycles. The van der Waals surface area contributed by atoms with Crippen LogP contribution in [0.1, 0.15) is 48.5 Å². The second-order valence-electron chi connectivity index (χ2n) is 6.77. The van der Waals surface area contributed by atoms with Crippen molar-refractivity contribution in [3.63, 3.8) is 0 Å². The zero-order valence-electron chi connectivity index (χ0n) is 15.5. The molecule has 5 nitrogen and oxygen atoms in total. The first-order valence-corrected chi connectivity index (χ1v) is 10.2. The Hall–Kier alpha value is -1.95. The molecule has 0 radical (unpaired) electrons. The first kappa shape index (κ1) is 18.8. The average molecular weight is 375 g/mol. The molecule has 2 aliphatic rings. The number of nitrogens with zero attached hydrogens (tertiary/aromatic N) is 1. The highest BCUT2D eigenvalue weighted by atomic mass is 32.2. The highest BCUT2D eigenvalue weighted by Crippen LogP contribution is 2.28. The number of amides is 2. The van der Waals surface area contributed by atoms with Crippen LogP contribution in [0.2, 0.25) is 0 Å². The molecule has 2 aliphatic heterocycles. The molecule has 140 valence electrons. The van der Waals surface area contributed by atoms with Crippen LogP contribution >= 0.6 is 11.8 Å². The van der Waals surface area contributed by atoms with Gasteiger partial charge in [0.25, 0.3) is 11.8 Å². The number of aryl methyl sites for hydroxylation is 1. The van der Waals surface area contributed by atoms with E-state index in [0.717, 1.165) is 37.2 Å². The van der Waals surface area contributed by atoms with Crippen LogP contribution in [0.15, 0.2) is 28.9 Å². The second kappa shape index (κ2) is 8.62. The summed E-state index contributed by atoms with van der Waals surface area (Å²) in [5, 5.41) is 2.95. The Kier molecular flexibility index (Phi) is 6.25. The molecule has 6 heteroatoms. The molecule has 1 fully saturated rings. The zero-order valence-corrected chi connectivity index (χ0v) is 16.3. The minimum Gasteiger partial charge on any atom is -0.496 e. The first-order chi connectivity index (χ1) is 12.6. The molecule has 1 saturated heterocycles. The van der Waals surface area contributed by atoms with E-state index in [1.165, 1.54) is 24.6 Å². The van der Waals surface area contributed by atoms with Gasteiger partial charge in [-0.25, -0.2) is 0 Å². The summed E-state index contributed by atoms with van der Waals surface area (Å²) in [6, 6.07) is 5.54. The summed E-state index contributed by atoms with van der Waals surface area (Å²) in [5.74, 6) is 1.31. The van der Waals surface area contributed by atoms with E-state index in [-0.39, 0.29) is 11.8 Å². The van der Waals surface area contributed by atoms with E-state index in [2.05, 4.69) is 5.32 Å². The fourth-order valence-electron chi connectivity index (χ4n) is 3.26. The van der Waals surface area contributed by atoms with Crippen molar-refractivity contribution >= 4 is 29.3 Å². The van der Waals surface area contributed by atoms with Gasteiger partial charge in [-0.1, -0.05) is 18.9 Å². The molecule has 2 amide bonds. The van der Waals surface area contributed by atoms with Gasteiger partial charge in [0.2, 0.25) is 0 Å². The van der Waals surface area contributed by atoms with E-state index in [9.17, 15) is 9.59 Å². The average Bonchev–Trinajstić information content (AvgIpc) is 2.92. The second-order valence-corrected chi connectivity index (χ2v) is 7.88. The number of carbonyl (C=O) groups is 2. The molecule has 0 bridgehead atoms. The maximum atomic E-state index is 12.8. The van der Waals surface area contributed by atoms with Crippen molar-refractivity contribution in [3.05, 3.63) is 40.0 Å². The predicted molar refractivity (Wildman–Crippen MR) is 105 cm³/mol. The lowest BCUT2D eigenvalue weighted by atomic mass is 10.1. The van der Waals surface area contributed by atoms with Gasteiger partial charge >= 0.3 is 0 Å². The van der Waals surface area contributed by atoms with E-state index < -0.39 is 0 Å². The normalized spacial score (nSPS) is 18.2. The van der Waals surface area contributed by atoms with E-state index in [1.807, 2.05) is 30.9 Å². The van der Waals surface area contributed by atoms with Crippen LogP contribution < -0.4 is 5.32 Å². The third-order valence-corrected chi connectivity index (χ3v) is 5.93. The molecule has 0 atom stereocenters. The monoisotopic (exact) mass is 374 g/mol. The lowest BCUT2D eigenvalue weighted by Gasteiger charge is -2.21. The van der Waals surface area contributed by atoms with E-state index in [1.54, 1.807) is 6.07 Å². The maximum absolute atomic E-state index is 12.8.